The minimum absolute atomic E-state index is 0.127. The van der Waals surface area contributed by atoms with E-state index in [4.69, 9.17) is 10.4 Å². The van der Waals surface area contributed by atoms with Gasteiger partial charge in [0, 0.05) is 11.5 Å². The van der Waals surface area contributed by atoms with E-state index in [0.29, 0.717) is 35.4 Å². The maximum Gasteiger partial charge on any atom is 0.491 e. The lowest BCUT2D eigenvalue weighted by Gasteiger charge is -2.30. The van der Waals surface area contributed by atoms with Gasteiger partial charge in [-0.05, 0) is 60.4 Å². The van der Waals surface area contributed by atoms with Crippen molar-refractivity contribution in [3.63, 3.8) is 0 Å². The topological polar surface area (TPSA) is 95.6 Å². The quantitative estimate of drug-likeness (QED) is 0.285. The van der Waals surface area contributed by atoms with Crippen LogP contribution in [0, 0.1) is 23.1 Å². The molecule has 37 heavy (non-hydrogen) atoms. The summed E-state index contributed by atoms with van der Waals surface area (Å²) in [7, 11) is 0. The van der Waals surface area contributed by atoms with Crippen molar-refractivity contribution in [3.8, 4) is 6.07 Å². The van der Waals surface area contributed by atoms with E-state index >= 15 is 0 Å². The zero-order valence-corrected chi connectivity index (χ0v) is 18.9. The molecule has 5 rings (SSSR count). The van der Waals surface area contributed by atoms with Crippen molar-refractivity contribution in [2.45, 2.75) is 25.1 Å². The van der Waals surface area contributed by atoms with Crippen molar-refractivity contribution < 1.29 is 31.9 Å². The lowest BCUT2D eigenvalue weighted by atomic mass is 9.77. The van der Waals surface area contributed by atoms with Crippen molar-refractivity contribution >= 4 is 23.3 Å². The average molecular weight is 508 g/mol. The summed E-state index contributed by atoms with van der Waals surface area (Å²) in [5, 5.41) is 15.7. The molecular formula is C26H16F4N4O3. The predicted octanol–water partition coefficient (Wildman–Crippen LogP) is 4.87. The van der Waals surface area contributed by atoms with Gasteiger partial charge in [0.25, 0.3) is 0 Å². The Labute approximate surface area is 207 Å². The lowest BCUT2D eigenvalue weighted by molar-refractivity contribution is -0.193. The van der Waals surface area contributed by atoms with Crippen molar-refractivity contribution in [2.24, 2.45) is 11.0 Å². The minimum atomic E-state index is -5.28. The second-order valence-electron chi connectivity index (χ2n) is 8.53. The molecule has 1 aromatic heterocycles. The number of hydrogen-bond acceptors (Lipinski definition) is 7. The number of aryl methyl sites for hydroxylation is 1. The Hall–Kier alpha value is -4.59. The average Bonchev–Trinajstić information content (AvgIpc) is 3.28. The zero-order chi connectivity index (χ0) is 26.3. The summed E-state index contributed by atoms with van der Waals surface area (Å²) < 4.78 is 55.0. The molecule has 0 saturated carbocycles. The van der Waals surface area contributed by atoms with Gasteiger partial charge in [0.15, 0.2) is 0 Å². The van der Waals surface area contributed by atoms with Crippen LogP contribution in [-0.2, 0) is 16.0 Å². The van der Waals surface area contributed by atoms with Gasteiger partial charge in [0.2, 0.25) is 0 Å². The SMILES string of the molecule is N#Cc1ccc(N2N=C3c4ccc(C(=O)OC(=O)C(F)(F)F)cc4CCC3C2c2ccc(F)cc2)cn1. The number of hydrogen-bond donors (Lipinski definition) is 0. The number of pyridine rings is 1. The molecule has 1 aliphatic heterocycles. The number of aromatic nitrogens is 1. The molecule has 0 spiro atoms. The Balaban J connectivity index is 1.51. The minimum Gasteiger partial charge on any atom is -0.383 e. The summed E-state index contributed by atoms with van der Waals surface area (Å²) in [4.78, 5) is 27.3. The van der Waals surface area contributed by atoms with Gasteiger partial charge in [-0.15, -0.1) is 0 Å². The number of nitriles is 1. The highest BCUT2D eigenvalue weighted by Gasteiger charge is 2.44. The van der Waals surface area contributed by atoms with Crippen LogP contribution in [-0.4, -0.2) is 28.8 Å². The Bertz CT molecular complexity index is 1460. The highest BCUT2D eigenvalue weighted by Crippen LogP contribution is 2.45. The number of anilines is 1. The molecule has 0 amide bonds. The molecule has 2 atom stereocenters. The van der Waals surface area contributed by atoms with Gasteiger partial charge in [-0.25, -0.2) is 19.0 Å². The highest BCUT2D eigenvalue weighted by atomic mass is 19.4. The monoisotopic (exact) mass is 508 g/mol. The lowest BCUT2D eigenvalue weighted by Crippen LogP contribution is -2.29. The number of ether oxygens (including phenoxy) is 1. The molecule has 0 saturated heterocycles. The van der Waals surface area contributed by atoms with Crippen LogP contribution < -0.4 is 5.01 Å². The molecule has 2 unspecified atom stereocenters. The molecular weight excluding hydrogens is 492 g/mol. The van der Waals surface area contributed by atoms with Gasteiger partial charge in [-0.3, -0.25) is 5.01 Å². The van der Waals surface area contributed by atoms with Crippen LogP contribution >= 0.6 is 0 Å². The van der Waals surface area contributed by atoms with Gasteiger partial charge in [-0.1, -0.05) is 18.2 Å². The fourth-order valence-electron chi connectivity index (χ4n) is 4.65. The summed E-state index contributed by atoms with van der Waals surface area (Å²) >= 11 is 0. The van der Waals surface area contributed by atoms with Gasteiger partial charge in [0.1, 0.15) is 17.6 Å². The van der Waals surface area contributed by atoms with Gasteiger partial charge in [0.05, 0.1) is 29.2 Å². The first kappa shape index (κ1) is 24.1. The van der Waals surface area contributed by atoms with Crippen molar-refractivity contribution in [3.05, 3.63) is 94.6 Å². The second kappa shape index (κ2) is 9.13. The van der Waals surface area contributed by atoms with E-state index in [1.165, 1.54) is 30.5 Å². The van der Waals surface area contributed by atoms with E-state index in [2.05, 4.69) is 9.72 Å². The van der Waals surface area contributed by atoms with E-state index in [-0.39, 0.29) is 29.0 Å². The Kier molecular flexibility index (Phi) is 5.95. The summed E-state index contributed by atoms with van der Waals surface area (Å²) in [5.41, 5.74) is 3.53. The molecule has 11 heteroatoms. The number of esters is 2. The van der Waals surface area contributed by atoms with Gasteiger partial charge >= 0.3 is 18.1 Å². The fraction of sp³-hybridized carbons (Fsp3) is 0.192. The molecule has 2 heterocycles. The highest BCUT2D eigenvalue weighted by molar-refractivity contribution is 6.08. The maximum absolute atomic E-state index is 13.7. The smallest absolute Gasteiger partial charge is 0.383 e. The van der Waals surface area contributed by atoms with Crippen LogP contribution in [0.1, 0.15) is 45.2 Å². The van der Waals surface area contributed by atoms with Crippen LogP contribution in [0.25, 0.3) is 0 Å². The summed E-state index contributed by atoms with van der Waals surface area (Å²) in [6.07, 6.45) is -2.71. The standard InChI is InChI=1S/C26H16F4N4O3/c27-17-5-1-14(2-6-17)23-21-10-3-15-11-16(24(35)37-25(36)26(28,29)30)4-9-20(15)22(21)33-34(23)19-8-7-18(12-31)32-13-19/h1-2,4-9,11,13,21,23H,3,10H2. The van der Waals surface area contributed by atoms with Crippen molar-refractivity contribution in [1.29, 1.82) is 5.26 Å². The molecule has 0 fully saturated rings. The first-order valence-electron chi connectivity index (χ1n) is 11.1. The molecule has 3 aromatic rings. The largest absolute Gasteiger partial charge is 0.491 e. The number of halogens is 4. The van der Waals surface area contributed by atoms with Gasteiger partial charge < -0.3 is 4.74 Å². The Morgan fingerprint density at radius 3 is 2.49 bits per heavy atom. The summed E-state index contributed by atoms with van der Waals surface area (Å²) in [6.45, 7) is 0. The van der Waals surface area contributed by atoms with E-state index in [0.717, 1.165) is 5.56 Å². The summed E-state index contributed by atoms with van der Waals surface area (Å²) in [6, 6.07) is 15.2. The summed E-state index contributed by atoms with van der Waals surface area (Å²) in [5.74, 6) is -4.48. The third kappa shape index (κ3) is 4.53. The van der Waals surface area contributed by atoms with Crippen molar-refractivity contribution in [1.82, 2.24) is 4.98 Å². The number of nitrogens with zero attached hydrogens (tertiary/aromatic N) is 4. The normalized spacial score (nSPS) is 18.4. The number of hydrazone groups is 1. The third-order valence-electron chi connectivity index (χ3n) is 6.31. The molecule has 0 radical (unpaired) electrons. The molecule has 2 aromatic carbocycles. The fourth-order valence-corrected chi connectivity index (χ4v) is 4.65. The number of carbonyl (C=O) groups excluding carboxylic acids is 2. The second-order valence-corrected chi connectivity index (χ2v) is 8.53. The number of benzene rings is 2. The number of fused-ring (bicyclic) bond motifs is 3. The van der Waals surface area contributed by atoms with Crippen LogP contribution in [0.3, 0.4) is 0 Å². The zero-order valence-electron chi connectivity index (χ0n) is 18.9. The predicted molar refractivity (Wildman–Crippen MR) is 122 cm³/mol. The van der Waals surface area contributed by atoms with Crippen molar-refractivity contribution in [2.75, 3.05) is 5.01 Å². The first-order valence-corrected chi connectivity index (χ1v) is 11.1. The number of carbonyl (C=O) groups is 2. The van der Waals surface area contributed by atoms with Crippen LogP contribution in [0.4, 0.5) is 23.2 Å². The van der Waals surface area contributed by atoms with Gasteiger partial charge in [-0.2, -0.15) is 23.5 Å². The molecule has 186 valence electrons. The molecule has 2 aliphatic rings. The van der Waals surface area contributed by atoms with Crippen LogP contribution in [0.15, 0.2) is 65.9 Å². The Morgan fingerprint density at radius 2 is 1.84 bits per heavy atom. The molecule has 0 bridgehead atoms. The maximum atomic E-state index is 13.7. The number of alkyl halides is 3. The van der Waals surface area contributed by atoms with E-state index in [1.807, 2.05) is 6.07 Å². The third-order valence-corrected chi connectivity index (χ3v) is 6.31. The van der Waals surface area contributed by atoms with E-state index in [9.17, 15) is 27.2 Å². The Morgan fingerprint density at radius 1 is 1.08 bits per heavy atom. The van der Waals surface area contributed by atoms with E-state index < -0.39 is 18.1 Å². The molecule has 0 N–H and O–H groups in total. The number of rotatable bonds is 3. The van der Waals surface area contributed by atoms with E-state index in [1.54, 1.807) is 35.3 Å². The van der Waals surface area contributed by atoms with Crippen LogP contribution in [0.2, 0.25) is 0 Å². The van der Waals surface area contributed by atoms with Crippen LogP contribution in [0.5, 0.6) is 0 Å². The molecule has 7 nitrogen and oxygen atoms in total. The molecule has 1 aliphatic carbocycles. The first-order chi connectivity index (χ1) is 17.7.